The molecule has 0 aliphatic rings. The van der Waals surface area contributed by atoms with Gasteiger partial charge in [0.15, 0.2) is 0 Å². The monoisotopic (exact) mass is 274 g/mol. The minimum Gasteiger partial charge on any atom is -0.368 e. The number of hydrogen-bond donors (Lipinski definition) is 3. The normalized spacial score (nSPS) is 9.80. The Balaban J connectivity index is 2.95. The van der Waals surface area contributed by atoms with Gasteiger partial charge in [0.2, 0.25) is 11.9 Å². The second-order valence-electron chi connectivity index (χ2n) is 2.83. The summed E-state index contributed by atoms with van der Waals surface area (Å²) in [4.78, 5) is 20.3. The number of likely N-dealkylation sites (N-methyl/N-ethyl adjacent to an activating group) is 1. The smallest absolute Gasteiger partial charge is 0.239 e. The molecule has 0 unspecified atom stereocenters. The highest BCUT2D eigenvalue weighted by Crippen LogP contribution is 2.22. The third kappa shape index (κ3) is 3.03. The number of anilines is 2. The fourth-order valence-electron chi connectivity index (χ4n) is 1.00. The number of primary amides is 1. The minimum absolute atomic E-state index is 0.0691. The summed E-state index contributed by atoms with van der Waals surface area (Å²) in [7, 11) is 1.69. The summed E-state index contributed by atoms with van der Waals surface area (Å²) in [5.74, 6) is 5.54. The largest absolute Gasteiger partial charge is 0.368 e. The van der Waals surface area contributed by atoms with Crippen LogP contribution in [0.4, 0.5) is 11.8 Å². The van der Waals surface area contributed by atoms with Crippen LogP contribution < -0.4 is 21.9 Å². The Morgan fingerprint density at radius 2 is 2.40 bits per heavy atom. The molecule has 0 saturated carbocycles. The number of aromatic nitrogens is 2. The molecule has 1 amide bonds. The van der Waals surface area contributed by atoms with E-state index in [1.807, 2.05) is 0 Å². The van der Waals surface area contributed by atoms with E-state index in [2.05, 4.69) is 31.3 Å². The number of carbonyl (C=O) groups is 1. The van der Waals surface area contributed by atoms with Crippen LogP contribution in [-0.2, 0) is 4.79 Å². The van der Waals surface area contributed by atoms with Crippen molar-refractivity contribution in [2.24, 2.45) is 11.6 Å². The Hall–Kier alpha value is -1.41. The van der Waals surface area contributed by atoms with Gasteiger partial charge in [-0.05, 0) is 15.9 Å². The van der Waals surface area contributed by atoms with E-state index >= 15 is 0 Å². The van der Waals surface area contributed by atoms with Crippen molar-refractivity contribution in [2.45, 2.75) is 0 Å². The summed E-state index contributed by atoms with van der Waals surface area (Å²) in [6.45, 7) is 0.0691. The number of nitrogens with zero attached hydrogens (tertiary/aromatic N) is 3. The molecule has 0 fully saturated rings. The quantitative estimate of drug-likeness (QED) is 0.502. The van der Waals surface area contributed by atoms with Crippen LogP contribution in [0.1, 0.15) is 0 Å². The lowest BCUT2D eigenvalue weighted by atomic mass is 10.5. The van der Waals surface area contributed by atoms with Crippen LogP contribution in [-0.4, -0.2) is 29.5 Å². The van der Waals surface area contributed by atoms with E-state index in [0.29, 0.717) is 10.3 Å². The maximum atomic E-state index is 10.7. The van der Waals surface area contributed by atoms with Crippen LogP contribution >= 0.6 is 15.9 Å². The lowest BCUT2D eigenvalue weighted by Gasteiger charge is -2.17. The Kier molecular flexibility index (Phi) is 3.81. The lowest BCUT2D eigenvalue weighted by molar-refractivity contribution is -0.116. The number of nitrogen functional groups attached to an aromatic ring is 1. The van der Waals surface area contributed by atoms with E-state index < -0.39 is 5.91 Å². The molecule has 0 saturated heterocycles. The van der Waals surface area contributed by atoms with Crippen molar-refractivity contribution < 1.29 is 4.79 Å². The number of rotatable bonds is 4. The van der Waals surface area contributed by atoms with Gasteiger partial charge in [0.25, 0.3) is 0 Å². The molecule has 1 heterocycles. The van der Waals surface area contributed by atoms with Gasteiger partial charge >= 0.3 is 0 Å². The first-order chi connectivity index (χ1) is 7.04. The third-order valence-corrected chi connectivity index (χ3v) is 2.17. The van der Waals surface area contributed by atoms with E-state index in [1.54, 1.807) is 11.9 Å². The Bertz CT molecular complexity index is 370. The number of amides is 1. The van der Waals surface area contributed by atoms with E-state index in [4.69, 9.17) is 11.6 Å². The fraction of sp³-hybridized carbons (Fsp3) is 0.286. The van der Waals surface area contributed by atoms with Gasteiger partial charge in [-0.2, -0.15) is 4.98 Å². The molecular formula is C7H11BrN6O. The maximum Gasteiger partial charge on any atom is 0.239 e. The maximum absolute atomic E-state index is 10.7. The summed E-state index contributed by atoms with van der Waals surface area (Å²) in [5, 5.41) is 0. The number of halogens is 1. The Morgan fingerprint density at radius 1 is 1.73 bits per heavy atom. The second-order valence-corrected chi connectivity index (χ2v) is 3.69. The highest BCUT2D eigenvalue weighted by Gasteiger charge is 2.11. The highest BCUT2D eigenvalue weighted by molar-refractivity contribution is 9.10. The number of hydrogen-bond acceptors (Lipinski definition) is 6. The summed E-state index contributed by atoms with van der Waals surface area (Å²) < 4.78 is 0.658. The molecule has 1 rings (SSSR count). The molecule has 0 aliphatic heterocycles. The molecule has 0 spiro atoms. The van der Waals surface area contributed by atoms with Crippen molar-refractivity contribution in [2.75, 3.05) is 23.9 Å². The molecule has 7 nitrogen and oxygen atoms in total. The molecule has 0 aliphatic carbocycles. The molecule has 15 heavy (non-hydrogen) atoms. The van der Waals surface area contributed by atoms with E-state index in [-0.39, 0.29) is 12.5 Å². The standard InChI is InChI=1S/C7H11BrN6O/c1-14(3-5(9)15)6-4(8)2-11-7(12-6)13-10/h2H,3,10H2,1H3,(H2,9,15)(H,11,12,13). The van der Waals surface area contributed by atoms with Gasteiger partial charge in [0.1, 0.15) is 5.82 Å². The SMILES string of the molecule is CN(CC(N)=O)c1nc(NN)ncc1Br. The van der Waals surface area contributed by atoms with Crippen molar-refractivity contribution >= 4 is 33.6 Å². The summed E-state index contributed by atoms with van der Waals surface area (Å²) in [5.41, 5.74) is 7.39. The second kappa shape index (κ2) is 4.89. The van der Waals surface area contributed by atoms with Gasteiger partial charge in [-0.15, -0.1) is 0 Å². The molecule has 1 aromatic heterocycles. The minimum atomic E-state index is -0.440. The molecule has 0 radical (unpaired) electrons. The average molecular weight is 275 g/mol. The first kappa shape index (κ1) is 11.7. The first-order valence-electron chi connectivity index (χ1n) is 4.03. The van der Waals surface area contributed by atoms with Crippen molar-refractivity contribution in [3.63, 3.8) is 0 Å². The number of nitrogens with one attached hydrogen (secondary N) is 1. The molecule has 82 valence electrons. The van der Waals surface area contributed by atoms with Crippen LogP contribution in [0.2, 0.25) is 0 Å². The molecule has 8 heteroatoms. The van der Waals surface area contributed by atoms with Gasteiger partial charge in [0, 0.05) is 13.2 Å². The van der Waals surface area contributed by atoms with E-state index in [0.717, 1.165) is 0 Å². The lowest BCUT2D eigenvalue weighted by Crippen LogP contribution is -2.31. The predicted octanol–water partition coefficient (Wildman–Crippen LogP) is -0.554. The van der Waals surface area contributed by atoms with Crippen molar-refractivity contribution in [1.82, 2.24) is 9.97 Å². The Morgan fingerprint density at radius 3 is 2.93 bits per heavy atom. The van der Waals surface area contributed by atoms with Crippen molar-refractivity contribution in [3.8, 4) is 0 Å². The molecule has 1 aromatic rings. The molecular weight excluding hydrogens is 264 g/mol. The molecule has 5 N–H and O–H groups in total. The zero-order valence-corrected chi connectivity index (χ0v) is 9.65. The van der Waals surface area contributed by atoms with E-state index in [9.17, 15) is 4.79 Å². The number of hydrazine groups is 1. The van der Waals surface area contributed by atoms with Crippen LogP contribution in [0.25, 0.3) is 0 Å². The van der Waals surface area contributed by atoms with Gasteiger partial charge in [-0.25, -0.2) is 10.8 Å². The topological polar surface area (TPSA) is 110 Å². The molecule has 0 aromatic carbocycles. The van der Waals surface area contributed by atoms with Gasteiger partial charge in [-0.3, -0.25) is 10.2 Å². The van der Waals surface area contributed by atoms with Crippen LogP contribution in [0, 0.1) is 0 Å². The average Bonchev–Trinajstić information content (AvgIpc) is 2.17. The predicted molar refractivity (Wildman–Crippen MR) is 60.0 cm³/mol. The number of nitrogens with two attached hydrogens (primary N) is 2. The van der Waals surface area contributed by atoms with Crippen LogP contribution in [0.3, 0.4) is 0 Å². The Labute approximate surface area is 95.0 Å². The number of carbonyl (C=O) groups excluding carboxylic acids is 1. The zero-order valence-electron chi connectivity index (χ0n) is 8.07. The van der Waals surface area contributed by atoms with Crippen LogP contribution in [0.15, 0.2) is 10.7 Å². The van der Waals surface area contributed by atoms with E-state index in [1.165, 1.54) is 6.20 Å². The van der Waals surface area contributed by atoms with Gasteiger partial charge in [-0.1, -0.05) is 0 Å². The van der Waals surface area contributed by atoms with Crippen molar-refractivity contribution in [3.05, 3.63) is 10.7 Å². The molecule has 0 atom stereocenters. The summed E-state index contributed by atoms with van der Waals surface area (Å²) >= 11 is 3.26. The zero-order chi connectivity index (χ0) is 11.4. The summed E-state index contributed by atoms with van der Waals surface area (Å²) in [6, 6.07) is 0. The third-order valence-electron chi connectivity index (χ3n) is 1.61. The van der Waals surface area contributed by atoms with Crippen molar-refractivity contribution in [1.29, 1.82) is 0 Å². The fourth-order valence-corrected chi connectivity index (χ4v) is 1.50. The summed E-state index contributed by atoms with van der Waals surface area (Å²) in [6.07, 6.45) is 1.54. The first-order valence-corrected chi connectivity index (χ1v) is 4.82. The van der Waals surface area contributed by atoms with Gasteiger partial charge < -0.3 is 10.6 Å². The van der Waals surface area contributed by atoms with Gasteiger partial charge in [0.05, 0.1) is 11.0 Å². The highest BCUT2D eigenvalue weighted by atomic mass is 79.9. The molecule has 0 bridgehead atoms. The van der Waals surface area contributed by atoms with Crippen LogP contribution in [0.5, 0.6) is 0 Å².